The van der Waals surface area contributed by atoms with Crippen LogP contribution in [0, 0.1) is 6.57 Å². The first kappa shape index (κ1) is 26.7. The Labute approximate surface area is 277 Å². The molecule has 48 heavy (non-hydrogen) atoms. The second-order valence-electron chi connectivity index (χ2n) is 12.6. The summed E-state index contributed by atoms with van der Waals surface area (Å²) in [7, 11) is 0. The van der Waals surface area contributed by atoms with Crippen LogP contribution in [0.1, 0.15) is 33.4 Å². The minimum absolute atomic E-state index is 0.567. The van der Waals surface area contributed by atoms with Gasteiger partial charge in [0.25, 0.3) is 0 Å². The van der Waals surface area contributed by atoms with E-state index in [0.717, 1.165) is 44.3 Å². The fraction of sp³-hybridized carbons (Fsp3) is 0.0222. The van der Waals surface area contributed by atoms with Gasteiger partial charge in [0, 0.05) is 22.5 Å². The smallest absolute Gasteiger partial charge is 0.187 e. The SMILES string of the molecule is [C-]#[N+]c1ccc(-c2ccc(-c3ccc4c(c3)C3(c5ccccc5C=C4)c4ccccc4-c4cc5c(cc43)oc3ccccc35)cn2)cc1. The molecule has 1 atom stereocenters. The van der Waals surface area contributed by atoms with Gasteiger partial charge in [0.05, 0.1) is 17.7 Å². The van der Waals surface area contributed by atoms with Gasteiger partial charge in [-0.2, -0.15) is 0 Å². The first-order valence-corrected chi connectivity index (χ1v) is 16.1. The van der Waals surface area contributed by atoms with Gasteiger partial charge in [-0.05, 0) is 86.0 Å². The van der Waals surface area contributed by atoms with Crippen molar-refractivity contribution in [2.24, 2.45) is 0 Å². The van der Waals surface area contributed by atoms with Gasteiger partial charge in [0.2, 0.25) is 0 Å². The van der Waals surface area contributed by atoms with E-state index < -0.39 is 5.41 Å². The number of hydrogen-bond donors (Lipinski definition) is 0. The van der Waals surface area contributed by atoms with Gasteiger partial charge in [0.1, 0.15) is 11.2 Å². The van der Waals surface area contributed by atoms with Gasteiger partial charge >= 0.3 is 0 Å². The molecule has 2 aliphatic rings. The highest BCUT2D eigenvalue weighted by Gasteiger charge is 2.49. The number of aromatic nitrogens is 1. The zero-order chi connectivity index (χ0) is 31.8. The first-order valence-electron chi connectivity index (χ1n) is 16.1. The Balaban J connectivity index is 1.23. The van der Waals surface area contributed by atoms with E-state index in [-0.39, 0.29) is 0 Å². The van der Waals surface area contributed by atoms with Crippen molar-refractivity contribution in [1.82, 2.24) is 4.98 Å². The van der Waals surface area contributed by atoms with Crippen molar-refractivity contribution in [3.05, 3.63) is 191 Å². The van der Waals surface area contributed by atoms with Crippen LogP contribution in [0.4, 0.5) is 5.69 Å². The maximum atomic E-state index is 7.26. The first-order chi connectivity index (χ1) is 23.7. The van der Waals surface area contributed by atoms with Gasteiger partial charge in [-0.3, -0.25) is 4.98 Å². The summed E-state index contributed by atoms with van der Waals surface area (Å²) in [4.78, 5) is 8.38. The molecule has 0 N–H and O–H groups in total. The van der Waals surface area contributed by atoms with Crippen molar-refractivity contribution in [1.29, 1.82) is 0 Å². The van der Waals surface area contributed by atoms with Crippen LogP contribution < -0.4 is 0 Å². The summed E-state index contributed by atoms with van der Waals surface area (Å²) in [6.45, 7) is 7.26. The van der Waals surface area contributed by atoms with E-state index >= 15 is 0 Å². The second-order valence-corrected chi connectivity index (χ2v) is 12.6. The molecule has 0 amide bonds. The Bertz CT molecular complexity index is 2670. The molecule has 2 aliphatic carbocycles. The largest absolute Gasteiger partial charge is 0.456 e. The van der Waals surface area contributed by atoms with E-state index in [1.807, 2.05) is 36.5 Å². The highest BCUT2D eigenvalue weighted by Crippen LogP contribution is 2.59. The molecule has 0 fully saturated rings. The zero-order valence-electron chi connectivity index (χ0n) is 25.8. The number of pyridine rings is 1. The Kier molecular flexibility index (Phi) is 5.56. The highest BCUT2D eigenvalue weighted by molar-refractivity contribution is 6.08. The summed E-state index contributed by atoms with van der Waals surface area (Å²) >= 11 is 0. The molecule has 10 rings (SSSR count). The number of fused-ring (bicyclic) bond motifs is 12. The van der Waals surface area contributed by atoms with Crippen molar-refractivity contribution >= 4 is 39.8 Å². The van der Waals surface area contributed by atoms with Crippen LogP contribution in [0.2, 0.25) is 0 Å². The fourth-order valence-electron chi connectivity index (χ4n) is 8.03. The predicted octanol–water partition coefficient (Wildman–Crippen LogP) is 11.7. The molecule has 0 bridgehead atoms. The standard InChI is InChI=1S/C45H26N2O/c1-46-33-21-18-30(19-22-33)42-23-20-32(27-47-42)31-17-16-29-15-14-28-8-2-5-11-38(28)45(40(29)24-31)39-12-6-3-9-34(39)36-25-37-35-10-4-7-13-43(35)48-44(37)26-41(36)45/h2-27H. The Morgan fingerprint density at radius 3 is 2.08 bits per heavy atom. The van der Waals surface area contributed by atoms with E-state index in [4.69, 9.17) is 16.0 Å². The number of benzene rings is 6. The summed E-state index contributed by atoms with van der Waals surface area (Å²) in [6, 6.07) is 49.3. The van der Waals surface area contributed by atoms with E-state index in [9.17, 15) is 0 Å². The lowest BCUT2D eigenvalue weighted by Gasteiger charge is -2.35. The third-order valence-electron chi connectivity index (χ3n) is 10.2. The topological polar surface area (TPSA) is 30.4 Å². The summed E-state index contributed by atoms with van der Waals surface area (Å²) in [5.74, 6) is 0. The molecular weight excluding hydrogens is 585 g/mol. The molecule has 0 saturated carbocycles. The van der Waals surface area contributed by atoms with E-state index in [0.29, 0.717) is 5.69 Å². The van der Waals surface area contributed by atoms with Crippen molar-refractivity contribution in [3.8, 4) is 33.5 Å². The Hall–Kier alpha value is -6.50. The summed E-state index contributed by atoms with van der Waals surface area (Å²) < 4.78 is 6.53. The van der Waals surface area contributed by atoms with Gasteiger partial charge in [0.15, 0.2) is 5.69 Å². The van der Waals surface area contributed by atoms with Crippen molar-refractivity contribution < 1.29 is 4.42 Å². The van der Waals surface area contributed by atoms with E-state index in [1.54, 1.807) is 0 Å². The zero-order valence-corrected chi connectivity index (χ0v) is 25.8. The molecule has 1 spiro atoms. The van der Waals surface area contributed by atoms with Crippen LogP contribution in [-0.2, 0) is 5.41 Å². The third-order valence-corrected chi connectivity index (χ3v) is 10.2. The number of hydrogen-bond acceptors (Lipinski definition) is 2. The molecule has 1 unspecified atom stereocenters. The van der Waals surface area contributed by atoms with Crippen molar-refractivity contribution in [3.63, 3.8) is 0 Å². The summed E-state index contributed by atoms with van der Waals surface area (Å²) in [5, 5.41) is 2.28. The van der Waals surface area contributed by atoms with Crippen LogP contribution in [0.3, 0.4) is 0 Å². The minimum atomic E-state index is -0.567. The minimum Gasteiger partial charge on any atom is -0.456 e. The average Bonchev–Trinajstić information content (AvgIpc) is 3.61. The second kappa shape index (κ2) is 10.00. The molecule has 222 valence electrons. The molecule has 0 radical (unpaired) electrons. The molecule has 3 heteroatoms. The average molecular weight is 611 g/mol. The molecule has 0 aliphatic heterocycles. The molecule has 8 aromatic rings. The van der Waals surface area contributed by atoms with Crippen LogP contribution in [-0.4, -0.2) is 4.98 Å². The summed E-state index contributed by atoms with van der Waals surface area (Å²) in [6.07, 6.45) is 6.49. The third kappa shape index (κ3) is 3.66. The number of rotatable bonds is 2. The van der Waals surface area contributed by atoms with Crippen molar-refractivity contribution in [2.45, 2.75) is 5.41 Å². The van der Waals surface area contributed by atoms with Gasteiger partial charge < -0.3 is 4.42 Å². The van der Waals surface area contributed by atoms with Crippen molar-refractivity contribution in [2.75, 3.05) is 0 Å². The number of nitrogens with zero attached hydrogens (tertiary/aromatic N) is 2. The van der Waals surface area contributed by atoms with Crippen LogP contribution in [0.5, 0.6) is 0 Å². The lowest BCUT2D eigenvalue weighted by molar-refractivity contribution is 0.666. The van der Waals surface area contributed by atoms with Gasteiger partial charge in [-0.15, -0.1) is 0 Å². The number of para-hydroxylation sites is 1. The maximum absolute atomic E-state index is 7.26. The predicted molar refractivity (Wildman–Crippen MR) is 195 cm³/mol. The van der Waals surface area contributed by atoms with Crippen LogP contribution >= 0.6 is 0 Å². The lowest BCUT2D eigenvalue weighted by atomic mass is 9.65. The van der Waals surface area contributed by atoms with Gasteiger partial charge in [-0.25, -0.2) is 4.85 Å². The maximum Gasteiger partial charge on any atom is 0.187 e. The molecule has 2 heterocycles. The van der Waals surface area contributed by atoms with E-state index in [2.05, 4.69) is 126 Å². The normalized spacial score (nSPS) is 15.5. The monoisotopic (exact) mass is 610 g/mol. The van der Waals surface area contributed by atoms with E-state index in [1.165, 1.54) is 44.5 Å². The molecule has 0 saturated heterocycles. The van der Waals surface area contributed by atoms with Gasteiger partial charge in [-0.1, -0.05) is 121 Å². The van der Waals surface area contributed by atoms with Crippen LogP contribution in [0.15, 0.2) is 150 Å². The Morgan fingerprint density at radius 2 is 1.25 bits per heavy atom. The lowest BCUT2D eigenvalue weighted by Crippen LogP contribution is -2.30. The summed E-state index contributed by atoms with van der Waals surface area (Å²) in [5.41, 5.74) is 15.8. The van der Waals surface area contributed by atoms with Crippen LogP contribution in [0.25, 0.3) is 72.4 Å². The molecule has 6 aromatic carbocycles. The Morgan fingerprint density at radius 1 is 0.521 bits per heavy atom. The molecule has 3 nitrogen and oxygen atoms in total. The molecular formula is C45H26N2O. The fourth-order valence-corrected chi connectivity index (χ4v) is 8.03. The highest BCUT2D eigenvalue weighted by atomic mass is 16.3. The number of furan rings is 1. The molecule has 2 aromatic heterocycles. The quantitative estimate of drug-likeness (QED) is 0.182.